The first kappa shape index (κ1) is 61.4. The normalized spacial score (nSPS) is 18.2. The zero-order valence-corrected chi connectivity index (χ0v) is 46.4. The van der Waals surface area contributed by atoms with Crippen molar-refractivity contribution in [3.8, 4) is 11.5 Å². The van der Waals surface area contributed by atoms with Crippen molar-refractivity contribution in [1.29, 1.82) is 0 Å². The Bertz CT molecular complexity index is 2510. The van der Waals surface area contributed by atoms with Crippen LogP contribution in [0.4, 0.5) is 22.0 Å². The van der Waals surface area contributed by atoms with E-state index in [0.29, 0.717) is 27.6 Å². The van der Waals surface area contributed by atoms with Gasteiger partial charge in [-0.05, 0) is 214 Å². The van der Waals surface area contributed by atoms with Crippen LogP contribution in [-0.4, -0.2) is 129 Å². The van der Waals surface area contributed by atoms with Crippen LogP contribution in [0.25, 0.3) is 0 Å². The molecule has 0 bridgehead atoms. The average molecular weight is 1090 g/mol. The SMILES string of the molecule is CCN1CCC(c2cccc(C(C)=O)c2Cl)CC1.CCN1CCC(c2cccc(C(C)=O)c2F)CC1.CCN1CCC(c2cccc(C(F)(F)F)c2O)CC1.CCN1CCC(c2cccc(OS(C)(=O)=O)c2F)CC1. The molecule has 17 heteroatoms. The lowest BCUT2D eigenvalue weighted by atomic mass is 9.87. The number of rotatable bonds is 12. The van der Waals surface area contributed by atoms with Gasteiger partial charge in [-0.1, -0.05) is 87.8 Å². The third-order valence-corrected chi connectivity index (χ3v) is 16.2. The Kier molecular flexibility index (Phi) is 23.6. The molecule has 414 valence electrons. The van der Waals surface area contributed by atoms with Crippen molar-refractivity contribution in [1.82, 2.24) is 19.6 Å². The number of carbonyl (C=O) groups excluding carboxylic acids is 2. The first-order valence-electron chi connectivity index (χ1n) is 26.6. The van der Waals surface area contributed by atoms with Crippen molar-refractivity contribution in [3.63, 3.8) is 0 Å². The summed E-state index contributed by atoms with van der Waals surface area (Å²) in [5.74, 6) is -0.897. The minimum Gasteiger partial charge on any atom is -0.507 e. The smallest absolute Gasteiger partial charge is 0.419 e. The molecule has 4 aromatic carbocycles. The van der Waals surface area contributed by atoms with E-state index in [2.05, 4.69) is 53.4 Å². The number of benzene rings is 4. The van der Waals surface area contributed by atoms with Gasteiger partial charge in [-0.15, -0.1) is 0 Å². The molecule has 0 saturated carbocycles. The molecule has 8 rings (SSSR count). The van der Waals surface area contributed by atoms with Crippen LogP contribution in [0, 0.1) is 11.6 Å². The van der Waals surface area contributed by atoms with Crippen molar-refractivity contribution in [2.75, 3.05) is 84.8 Å². The molecule has 0 aliphatic carbocycles. The number of halogens is 6. The number of nitrogens with zero attached hydrogens (tertiary/aromatic N) is 4. The molecule has 0 aromatic heterocycles. The molecule has 0 atom stereocenters. The first-order valence-corrected chi connectivity index (χ1v) is 28.8. The van der Waals surface area contributed by atoms with E-state index in [-0.39, 0.29) is 46.5 Å². The Morgan fingerprint density at radius 1 is 0.560 bits per heavy atom. The molecular formula is C58H78ClF5N4O6S. The van der Waals surface area contributed by atoms with Gasteiger partial charge < -0.3 is 28.9 Å². The molecule has 4 aliphatic rings. The van der Waals surface area contributed by atoms with Gasteiger partial charge in [0.25, 0.3) is 0 Å². The van der Waals surface area contributed by atoms with E-state index in [9.17, 15) is 45.1 Å². The van der Waals surface area contributed by atoms with Crippen molar-refractivity contribution >= 4 is 33.3 Å². The maximum Gasteiger partial charge on any atom is 0.419 e. The molecule has 4 saturated heterocycles. The largest absolute Gasteiger partial charge is 0.507 e. The van der Waals surface area contributed by atoms with Crippen LogP contribution in [0.1, 0.15) is 165 Å². The number of Topliss-reactive ketones (excluding diaryl/α,β-unsaturated/α-hetero) is 2. The fraction of sp³-hybridized carbons (Fsp3) is 0.552. The maximum atomic E-state index is 14.4. The highest BCUT2D eigenvalue weighted by atomic mass is 35.5. The molecule has 0 unspecified atom stereocenters. The number of phenols is 1. The van der Waals surface area contributed by atoms with Crippen LogP contribution in [-0.2, 0) is 16.3 Å². The second-order valence-electron chi connectivity index (χ2n) is 20.1. The van der Waals surface area contributed by atoms with Crippen molar-refractivity contribution in [2.45, 2.75) is 123 Å². The molecule has 0 radical (unpaired) electrons. The number of carbonyl (C=O) groups is 2. The van der Waals surface area contributed by atoms with Gasteiger partial charge in [-0.2, -0.15) is 21.6 Å². The van der Waals surface area contributed by atoms with Crippen molar-refractivity contribution in [3.05, 3.63) is 128 Å². The van der Waals surface area contributed by atoms with Crippen LogP contribution in [0.5, 0.6) is 11.5 Å². The van der Waals surface area contributed by atoms with Gasteiger partial charge >= 0.3 is 16.3 Å². The molecule has 0 amide bonds. The number of para-hydroxylation sites is 1. The topological polar surface area (TPSA) is 111 Å². The monoisotopic (exact) mass is 1090 g/mol. The van der Waals surface area contributed by atoms with Gasteiger partial charge in [-0.3, -0.25) is 9.59 Å². The number of hydrogen-bond donors (Lipinski definition) is 1. The van der Waals surface area contributed by atoms with E-state index < -0.39 is 33.4 Å². The Morgan fingerprint density at radius 2 is 0.893 bits per heavy atom. The van der Waals surface area contributed by atoms with Crippen LogP contribution < -0.4 is 4.18 Å². The molecule has 4 heterocycles. The molecular weight excluding hydrogens is 1010 g/mol. The molecule has 4 aliphatic heterocycles. The highest BCUT2D eigenvalue weighted by molar-refractivity contribution is 7.86. The van der Waals surface area contributed by atoms with Crippen LogP contribution >= 0.6 is 11.6 Å². The number of phenolic OH excluding ortho intramolecular Hbond substituents is 1. The van der Waals surface area contributed by atoms with Crippen LogP contribution in [0.3, 0.4) is 0 Å². The molecule has 4 fully saturated rings. The summed E-state index contributed by atoms with van der Waals surface area (Å²) in [6.07, 6.45) is 4.00. The third-order valence-electron chi connectivity index (χ3n) is 15.3. The van der Waals surface area contributed by atoms with Crippen molar-refractivity contribution < 1.29 is 49.2 Å². The van der Waals surface area contributed by atoms with Gasteiger partial charge in [-0.25, -0.2) is 8.78 Å². The Morgan fingerprint density at radius 3 is 1.28 bits per heavy atom. The number of alkyl halides is 3. The number of aromatic hydroxyl groups is 1. The number of hydrogen-bond acceptors (Lipinski definition) is 10. The molecule has 0 spiro atoms. The van der Waals surface area contributed by atoms with E-state index in [0.717, 1.165) is 153 Å². The average Bonchev–Trinajstić information content (AvgIpc) is 3.39. The summed E-state index contributed by atoms with van der Waals surface area (Å²) in [7, 11) is -3.71. The zero-order chi connectivity index (χ0) is 55.0. The summed E-state index contributed by atoms with van der Waals surface area (Å²) in [6.45, 7) is 23.6. The van der Waals surface area contributed by atoms with E-state index in [4.69, 9.17) is 15.8 Å². The summed E-state index contributed by atoms with van der Waals surface area (Å²) in [4.78, 5) is 32.3. The van der Waals surface area contributed by atoms with Gasteiger partial charge in [0.1, 0.15) is 11.6 Å². The van der Waals surface area contributed by atoms with Gasteiger partial charge in [0, 0.05) is 5.56 Å². The quantitative estimate of drug-likeness (QED) is 0.0836. The second-order valence-corrected chi connectivity index (χ2v) is 22.0. The lowest BCUT2D eigenvalue weighted by Crippen LogP contribution is -2.32. The standard InChI is InChI=1S/C15H20ClNO.C15H20FNO.C14H18F3NO.C14H20FNO3S/c2*1-3-17-9-7-12(8-10-17)14-6-4-5-13(11(2)18)15(14)16;1-2-18-8-6-10(7-9-18)11-4-3-5-12(13(11)19)14(15,16)17;1-3-16-9-7-11(8-10-16)12-5-4-6-13(14(12)15)19-20(2,17)18/h2*4-6,12H,3,7-10H2,1-2H3;3-5,10,19H,2,6-9H2,1H3;4-6,11H,3,7-10H2,1-2H3. The van der Waals surface area contributed by atoms with Gasteiger partial charge in [0.2, 0.25) is 0 Å². The molecule has 4 aromatic rings. The lowest BCUT2D eigenvalue weighted by Gasteiger charge is -2.31. The molecule has 75 heavy (non-hydrogen) atoms. The fourth-order valence-corrected chi connectivity index (χ4v) is 11.6. The van der Waals surface area contributed by atoms with Crippen LogP contribution in [0.2, 0.25) is 5.02 Å². The van der Waals surface area contributed by atoms with E-state index >= 15 is 0 Å². The summed E-state index contributed by atoms with van der Waals surface area (Å²) in [5.41, 5.74) is 2.83. The highest BCUT2D eigenvalue weighted by Crippen LogP contribution is 2.42. The third kappa shape index (κ3) is 17.5. The fourth-order valence-electron chi connectivity index (χ4n) is 10.7. The Balaban J connectivity index is 0.000000185. The summed E-state index contributed by atoms with van der Waals surface area (Å²) in [5, 5.41) is 10.5. The number of likely N-dealkylation sites (tertiary alicyclic amines) is 4. The number of piperidine rings is 4. The minimum absolute atomic E-state index is 0.0186. The minimum atomic E-state index is -4.50. The second kappa shape index (κ2) is 28.8. The van der Waals surface area contributed by atoms with Crippen LogP contribution in [0.15, 0.2) is 72.8 Å². The number of ketones is 2. The zero-order valence-electron chi connectivity index (χ0n) is 44.8. The summed E-state index contributed by atoms with van der Waals surface area (Å²) >= 11 is 6.37. The molecule has 1 N–H and O–H groups in total. The summed E-state index contributed by atoms with van der Waals surface area (Å²) in [6, 6.07) is 19.7. The van der Waals surface area contributed by atoms with E-state index in [1.54, 1.807) is 37.3 Å². The Hall–Kier alpha value is -4.45. The Labute approximate surface area is 447 Å². The van der Waals surface area contributed by atoms with Gasteiger partial charge in [0.05, 0.1) is 22.4 Å². The van der Waals surface area contributed by atoms with E-state index in [1.165, 1.54) is 19.1 Å². The predicted octanol–water partition coefficient (Wildman–Crippen LogP) is 12.9. The summed E-state index contributed by atoms with van der Waals surface area (Å²) < 4.78 is 93.8. The lowest BCUT2D eigenvalue weighted by molar-refractivity contribution is -0.138. The molecule has 10 nitrogen and oxygen atoms in total. The highest BCUT2D eigenvalue weighted by Gasteiger charge is 2.36. The predicted molar refractivity (Wildman–Crippen MR) is 289 cm³/mol. The van der Waals surface area contributed by atoms with Crippen molar-refractivity contribution in [2.24, 2.45) is 0 Å². The van der Waals surface area contributed by atoms with E-state index in [1.807, 2.05) is 18.2 Å². The van der Waals surface area contributed by atoms with Gasteiger partial charge in [0.15, 0.2) is 23.1 Å². The maximum absolute atomic E-state index is 14.4. The first-order chi connectivity index (χ1) is 35.6.